The molecule has 2 aliphatic heterocycles. The number of aromatic nitrogens is 4. The van der Waals surface area contributed by atoms with Gasteiger partial charge in [-0.15, -0.1) is 0 Å². The molecule has 0 saturated carbocycles. The van der Waals surface area contributed by atoms with Gasteiger partial charge in [-0.05, 0) is 12.0 Å². The van der Waals surface area contributed by atoms with E-state index in [2.05, 4.69) is 43.6 Å². The number of amides is 1. The highest BCUT2D eigenvalue weighted by Crippen LogP contribution is 2.40. The minimum absolute atomic E-state index is 0.0451. The van der Waals surface area contributed by atoms with Crippen LogP contribution in [0.15, 0.2) is 30.9 Å². The zero-order valence-corrected chi connectivity index (χ0v) is 15.8. The number of rotatable bonds is 4. The molecule has 27 heavy (non-hydrogen) atoms. The number of piperidine rings is 1. The predicted molar refractivity (Wildman–Crippen MR) is 100 cm³/mol. The Kier molecular flexibility index (Phi) is 4.82. The summed E-state index contributed by atoms with van der Waals surface area (Å²) in [5.74, 6) is 2.02. The van der Waals surface area contributed by atoms with Crippen molar-refractivity contribution in [3.05, 3.63) is 36.7 Å². The largest absolute Gasteiger partial charge is 0.354 e. The average molecular weight is 370 g/mol. The Labute approximate surface area is 159 Å². The van der Waals surface area contributed by atoms with Gasteiger partial charge < -0.3 is 19.5 Å². The SMILES string of the molecule is CC(C)CNC(=O)C1Cn2ccnc2C2(CCN(c3ncccn3)CC2)O1. The zero-order chi connectivity index (χ0) is 18.9. The van der Waals surface area contributed by atoms with Gasteiger partial charge in [0, 0.05) is 57.3 Å². The number of carbonyl (C=O) groups excluding carboxylic acids is 1. The zero-order valence-electron chi connectivity index (χ0n) is 15.8. The number of carbonyl (C=O) groups is 1. The lowest BCUT2D eigenvalue weighted by Crippen LogP contribution is -2.54. The van der Waals surface area contributed by atoms with Crippen LogP contribution in [-0.4, -0.2) is 51.2 Å². The summed E-state index contributed by atoms with van der Waals surface area (Å²) in [6.45, 7) is 6.85. The van der Waals surface area contributed by atoms with E-state index in [9.17, 15) is 4.79 Å². The highest BCUT2D eigenvalue weighted by molar-refractivity contribution is 5.80. The van der Waals surface area contributed by atoms with E-state index >= 15 is 0 Å². The summed E-state index contributed by atoms with van der Waals surface area (Å²) in [6.07, 6.45) is 8.24. The summed E-state index contributed by atoms with van der Waals surface area (Å²) in [4.78, 5) is 28.0. The van der Waals surface area contributed by atoms with Crippen LogP contribution in [0.3, 0.4) is 0 Å². The molecule has 1 amide bonds. The Morgan fingerprint density at radius 3 is 2.70 bits per heavy atom. The Bertz CT molecular complexity index is 783. The smallest absolute Gasteiger partial charge is 0.251 e. The molecule has 4 heterocycles. The Balaban J connectivity index is 1.51. The number of nitrogens with zero attached hydrogens (tertiary/aromatic N) is 5. The second-order valence-corrected chi connectivity index (χ2v) is 7.68. The quantitative estimate of drug-likeness (QED) is 0.874. The van der Waals surface area contributed by atoms with Gasteiger partial charge in [0.2, 0.25) is 5.95 Å². The molecule has 8 nitrogen and oxygen atoms in total. The first kappa shape index (κ1) is 17.9. The minimum Gasteiger partial charge on any atom is -0.354 e. The summed E-state index contributed by atoms with van der Waals surface area (Å²) >= 11 is 0. The maximum absolute atomic E-state index is 12.6. The molecule has 2 aromatic rings. The van der Waals surface area contributed by atoms with Crippen molar-refractivity contribution >= 4 is 11.9 Å². The molecular weight excluding hydrogens is 344 g/mol. The highest BCUT2D eigenvalue weighted by Gasteiger charge is 2.47. The summed E-state index contributed by atoms with van der Waals surface area (Å²) in [5.41, 5.74) is -0.535. The van der Waals surface area contributed by atoms with Crippen LogP contribution < -0.4 is 10.2 Å². The fraction of sp³-hybridized carbons (Fsp3) is 0.579. The molecule has 2 aliphatic rings. The maximum atomic E-state index is 12.6. The number of anilines is 1. The molecule has 0 aromatic carbocycles. The van der Waals surface area contributed by atoms with E-state index in [1.165, 1.54) is 0 Å². The molecule has 1 unspecified atom stereocenters. The number of hydrogen-bond acceptors (Lipinski definition) is 6. The second kappa shape index (κ2) is 7.26. The van der Waals surface area contributed by atoms with E-state index in [4.69, 9.17) is 4.74 Å². The Hall–Kier alpha value is -2.48. The summed E-state index contributed by atoms with van der Waals surface area (Å²) < 4.78 is 8.48. The molecule has 1 atom stereocenters. The van der Waals surface area contributed by atoms with E-state index in [1.807, 2.05) is 12.3 Å². The van der Waals surface area contributed by atoms with E-state index in [0.29, 0.717) is 19.0 Å². The molecule has 1 spiro atoms. The van der Waals surface area contributed by atoms with Crippen LogP contribution in [0.4, 0.5) is 5.95 Å². The van der Waals surface area contributed by atoms with Gasteiger partial charge in [-0.25, -0.2) is 15.0 Å². The Morgan fingerprint density at radius 1 is 1.26 bits per heavy atom. The van der Waals surface area contributed by atoms with Crippen molar-refractivity contribution in [2.24, 2.45) is 5.92 Å². The van der Waals surface area contributed by atoms with Crippen molar-refractivity contribution < 1.29 is 9.53 Å². The lowest BCUT2D eigenvalue weighted by atomic mass is 9.88. The lowest BCUT2D eigenvalue weighted by Gasteiger charge is -2.45. The van der Waals surface area contributed by atoms with Gasteiger partial charge in [-0.3, -0.25) is 4.79 Å². The van der Waals surface area contributed by atoms with Crippen LogP contribution in [0, 0.1) is 5.92 Å². The van der Waals surface area contributed by atoms with Crippen molar-refractivity contribution in [2.75, 3.05) is 24.5 Å². The molecule has 0 aliphatic carbocycles. The molecular formula is C19H26N6O2. The Morgan fingerprint density at radius 2 is 2.00 bits per heavy atom. The van der Waals surface area contributed by atoms with Gasteiger partial charge in [-0.2, -0.15) is 0 Å². The van der Waals surface area contributed by atoms with Crippen LogP contribution in [0.2, 0.25) is 0 Å². The van der Waals surface area contributed by atoms with Crippen LogP contribution in [-0.2, 0) is 21.7 Å². The van der Waals surface area contributed by atoms with E-state index in [1.54, 1.807) is 18.6 Å². The highest BCUT2D eigenvalue weighted by atomic mass is 16.5. The molecule has 2 aromatic heterocycles. The third kappa shape index (κ3) is 3.53. The van der Waals surface area contributed by atoms with Crippen LogP contribution >= 0.6 is 0 Å². The van der Waals surface area contributed by atoms with Gasteiger partial charge in [0.25, 0.3) is 5.91 Å². The monoisotopic (exact) mass is 370 g/mol. The molecule has 1 saturated heterocycles. The van der Waals surface area contributed by atoms with Crippen molar-refractivity contribution in [2.45, 2.75) is 44.9 Å². The van der Waals surface area contributed by atoms with Gasteiger partial charge >= 0.3 is 0 Å². The second-order valence-electron chi connectivity index (χ2n) is 7.68. The topological polar surface area (TPSA) is 85.2 Å². The van der Waals surface area contributed by atoms with Crippen LogP contribution in [0.25, 0.3) is 0 Å². The first-order chi connectivity index (χ1) is 13.1. The molecule has 0 radical (unpaired) electrons. The van der Waals surface area contributed by atoms with Crippen molar-refractivity contribution in [3.8, 4) is 0 Å². The van der Waals surface area contributed by atoms with Crippen LogP contribution in [0.1, 0.15) is 32.5 Å². The normalized spacial score (nSPS) is 21.3. The van der Waals surface area contributed by atoms with Crippen molar-refractivity contribution in [3.63, 3.8) is 0 Å². The van der Waals surface area contributed by atoms with E-state index in [-0.39, 0.29) is 5.91 Å². The fourth-order valence-electron chi connectivity index (χ4n) is 3.82. The maximum Gasteiger partial charge on any atom is 0.251 e. The summed E-state index contributed by atoms with van der Waals surface area (Å²) in [5, 5.41) is 3.00. The van der Waals surface area contributed by atoms with Crippen LogP contribution in [0.5, 0.6) is 0 Å². The number of ether oxygens (including phenoxy) is 1. The number of fused-ring (bicyclic) bond motifs is 2. The first-order valence-corrected chi connectivity index (χ1v) is 9.56. The first-order valence-electron chi connectivity index (χ1n) is 9.56. The molecule has 8 heteroatoms. The minimum atomic E-state index is -0.535. The van der Waals surface area contributed by atoms with E-state index < -0.39 is 11.7 Å². The summed E-state index contributed by atoms with van der Waals surface area (Å²) in [7, 11) is 0. The molecule has 4 rings (SSSR count). The van der Waals surface area contributed by atoms with E-state index in [0.717, 1.165) is 37.7 Å². The van der Waals surface area contributed by atoms with Crippen molar-refractivity contribution in [1.82, 2.24) is 24.8 Å². The van der Waals surface area contributed by atoms with Gasteiger partial charge in [0.15, 0.2) is 6.10 Å². The predicted octanol–water partition coefficient (Wildman–Crippen LogP) is 1.34. The number of imidazole rings is 1. The molecule has 1 fully saturated rings. The molecule has 0 bridgehead atoms. The molecule has 144 valence electrons. The van der Waals surface area contributed by atoms with Gasteiger partial charge in [0.05, 0.1) is 6.54 Å². The van der Waals surface area contributed by atoms with Gasteiger partial charge in [-0.1, -0.05) is 13.8 Å². The average Bonchev–Trinajstić information content (AvgIpc) is 3.17. The fourth-order valence-corrected chi connectivity index (χ4v) is 3.82. The standard InChI is InChI=1S/C19H26N6O2/c1-14(2)12-23-16(26)15-13-25-11-8-20-17(25)19(27-15)4-9-24(10-5-19)18-21-6-3-7-22-18/h3,6-8,11,14-15H,4-5,9-10,12-13H2,1-2H3,(H,23,26). The third-order valence-corrected chi connectivity index (χ3v) is 5.24. The summed E-state index contributed by atoms with van der Waals surface area (Å²) in [6, 6.07) is 1.82. The number of hydrogen-bond donors (Lipinski definition) is 1. The lowest BCUT2D eigenvalue weighted by molar-refractivity contribution is -0.167. The number of nitrogens with one attached hydrogen (secondary N) is 1. The molecule has 1 N–H and O–H groups in total. The van der Waals surface area contributed by atoms with Gasteiger partial charge in [0.1, 0.15) is 11.4 Å². The van der Waals surface area contributed by atoms with Crippen molar-refractivity contribution in [1.29, 1.82) is 0 Å². The third-order valence-electron chi connectivity index (χ3n) is 5.24.